The molecule has 0 amide bonds. The maximum absolute atomic E-state index is 9.85. The Kier molecular flexibility index (Phi) is 16.0. The fourth-order valence-corrected chi connectivity index (χ4v) is 2.07. The molecular formula is C17H23Cl2NO10. The molecule has 0 saturated carbocycles. The van der Waals surface area contributed by atoms with Gasteiger partial charge in [0.2, 0.25) is 0 Å². The SMILES string of the molecule is CCN(CC)CC(O)COc1ccc(Cl)cc1Cl.O=C(O)C(=O)O.O=C(O)C(=O)O. The van der Waals surface area contributed by atoms with Crippen molar-refractivity contribution < 1.29 is 49.4 Å². The van der Waals surface area contributed by atoms with Crippen molar-refractivity contribution in [2.75, 3.05) is 26.2 Å². The Hall–Kier alpha value is -2.60. The topological polar surface area (TPSA) is 182 Å². The molecule has 0 aromatic heterocycles. The van der Waals surface area contributed by atoms with Crippen LogP contribution in [0.1, 0.15) is 13.8 Å². The Balaban J connectivity index is 0. The molecule has 0 bridgehead atoms. The van der Waals surface area contributed by atoms with E-state index in [0.29, 0.717) is 22.3 Å². The van der Waals surface area contributed by atoms with Crippen LogP contribution in [0.2, 0.25) is 10.0 Å². The second-order valence-electron chi connectivity index (χ2n) is 5.25. The third kappa shape index (κ3) is 15.3. The lowest BCUT2D eigenvalue weighted by Crippen LogP contribution is -2.35. The molecule has 1 rings (SSSR count). The van der Waals surface area contributed by atoms with Crippen LogP contribution >= 0.6 is 23.2 Å². The fourth-order valence-electron chi connectivity index (χ4n) is 1.61. The van der Waals surface area contributed by atoms with E-state index in [2.05, 4.69) is 18.7 Å². The molecule has 170 valence electrons. The smallest absolute Gasteiger partial charge is 0.414 e. The Morgan fingerprint density at radius 1 is 0.933 bits per heavy atom. The molecule has 0 saturated heterocycles. The zero-order valence-electron chi connectivity index (χ0n) is 16.1. The van der Waals surface area contributed by atoms with Gasteiger partial charge in [0.15, 0.2) is 0 Å². The predicted octanol–water partition coefficient (Wildman–Crippen LogP) is 1.39. The van der Waals surface area contributed by atoms with Crippen LogP contribution in [0.5, 0.6) is 5.75 Å². The molecule has 1 atom stereocenters. The average Bonchev–Trinajstić information content (AvgIpc) is 2.66. The summed E-state index contributed by atoms with van der Waals surface area (Å²) < 4.78 is 5.48. The van der Waals surface area contributed by atoms with E-state index >= 15 is 0 Å². The molecule has 1 aromatic carbocycles. The monoisotopic (exact) mass is 471 g/mol. The number of aliphatic hydroxyl groups excluding tert-OH is 1. The van der Waals surface area contributed by atoms with Crippen LogP contribution in [-0.2, 0) is 19.2 Å². The molecule has 0 fully saturated rings. The molecule has 1 unspecified atom stereocenters. The van der Waals surface area contributed by atoms with Crippen molar-refractivity contribution in [3.63, 3.8) is 0 Å². The van der Waals surface area contributed by atoms with Gasteiger partial charge in [0.1, 0.15) is 18.5 Å². The van der Waals surface area contributed by atoms with Crippen molar-refractivity contribution in [2.45, 2.75) is 20.0 Å². The van der Waals surface area contributed by atoms with Crippen LogP contribution in [0.3, 0.4) is 0 Å². The van der Waals surface area contributed by atoms with Crippen molar-refractivity contribution in [3.05, 3.63) is 28.2 Å². The zero-order valence-corrected chi connectivity index (χ0v) is 17.6. The summed E-state index contributed by atoms with van der Waals surface area (Å²) in [4.78, 5) is 38.5. The number of carboxylic acids is 4. The Labute approximate surface area is 182 Å². The van der Waals surface area contributed by atoms with Gasteiger partial charge in [-0.25, -0.2) is 19.2 Å². The summed E-state index contributed by atoms with van der Waals surface area (Å²) in [6.45, 7) is 6.76. The molecule has 30 heavy (non-hydrogen) atoms. The lowest BCUT2D eigenvalue weighted by atomic mass is 10.3. The van der Waals surface area contributed by atoms with Crippen molar-refractivity contribution >= 4 is 47.1 Å². The summed E-state index contributed by atoms with van der Waals surface area (Å²) in [6.07, 6.45) is -0.531. The second kappa shape index (κ2) is 16.2. The van der Waals surface area contributed by atoms with E-state index in [-0.39, 0.29) is 6.61 Å². The molecule has 0 aliphatic heterocycles. The molecule has 1 aromatic rings. The number of likely N-dealkylation sites (N-methyl/N-ethyl adjacent to an activating group) is 1. The largest absolute Gasteiger partial charge is 0.489 e. The predicted molar refractivity (Wildman–Crippen MR) is 106 cm³/mol. The highest BCUT2D eigenvalue weighted by molar-refractivity contribution is 6.35. The van der Waals surface area contributed by atoms with Crippen LogP contribution in [0.4, 0.5) is 0 Å². The highest BCUT2D eigenvalue weighted by Gasteiger charge is 2.11. The Bertz CT molecular complexity index is 662. The Morgan fingerprint density at radius 2 is 1.37 bits per heavy atom. The molecule has 11 nitrogen and oxygen atoms in total. The Morgan fingerprint density at radius 3 is 1.70 bits per heavy atom. The van der Waals surface area contributed by atoms with Gasteiger partial charge in [0.25, 0.3) is 0 Å². The minimum Gasteiger partial charge on any atom is -0.489 e. The fraction of sp³-hybridized carbons (Fsp3) is 0.412. The average molecular weight is 472 g/mol. The van der Waals surface area contributed by atoms with Gasteiger partial charge in [-0.05, 0) is 31.3 Å². The third-order valence-corrected chi connectivity index (χ3v) is 3.58. The van der Waals surface area contributed by atoms with Crippen LogP contribution in [0, 0.1) is 0 Å². The number of aliphatic carboxylic acids is 4. The number of benzene rings is 1. The van der Waals surface area contributed by atoms with Gasteiger partial charge in [0, 0.05) is 11.6 Å². The molecule has 0 heterocycles. The summed E-state index contributed by atoms with van der Waals surface area (Å²) in [7, 11) is 0. The summed E-state index contributed by atoms with van der Waals surface area (Å²) in [6, 6.07) is 5.03. The first-order chi connectivity index (χ1) is 13.8. The van der Waals surface area contributed by atoms with E-state index in [9.17, 15) is 5.11 Å². The van der Waals surface area contributed by atoms with E-state index in [1.807, 2.05) is 0 Å². The summed E-state index contributed by atoms with van der Waals surface area (Å²) >= 11 is 11.8. The number of carboxylic acid groups (broad SMARTS) is 4. The number of aliphatic hydroxyl groups is 1. The van der Waals surface area contributed by atoms with Crippen LogP contribution in [0.25, 0.3) is 0 Å². The normalized spacial score (nSPS) is 10.6. The minimum absolute atomic E-state index is 0.220. The number of rotatable bonds is 7. The van der Waals surface area contributed by atoms with Crippen LogP contribution in [-0.4, -0.2) is 86.7 Å². The van der Waals surface area contributed by atoms with Gasteiger partial charge in [-0.1, -0.05) is 37.0 Å². The number of carbonyl (C=O) groups is 4. The van der Waals surface area contributed by atoms with E-state index < -0.39 is 30.0 Å². The summed E-state index contributed by atoms with van der Waals surface area (Å²) in [5.41, 5.74) is 0. The van der Waals surface area contributed by atoms with Crippen LogP contribution in [0.15, 0.2) is 18.2 Å². The summed E-state index contributed by atoms with van der Waals surface area (Å²) in [5, 5.41) is 40.4. The summed E-state index contributed by atoms with van der Waals surface area (Å²) in [5.74, 6) is -6.75. The van der Waals surface area contributed by atoms with Crippen molar-refractivity contribution in [1.82, 2.24) is 4.90 Å². The van der Waals surface area contributed by atoms with Gasteiger partial charge in [0.05, 0.1) is 5.02 Å². The molecule has 5 N–H and O–H groups in total. The number of hydrogen-bond acceptors (Lipinski definition) is 7. The maximum Gasteiger partial charge on any atom is 0.414 e. The number of hydrogen-bond donors (Lipinski definition) is 5. The van der Waals surface area contributed by atoms with Gasteiger partial charge in [-0.3, -0.25) is 0 Å². The van der Waals surface area contributed by atoms with Crippen molar-refractivity contribution in [2.24, 2.45) is 0 Å². The first-order valence-electron chi connectivity index (χ1n) is 8.26. The standard InChI is InChI=1S/C13H19Cl2NO2.2C2H2O4/c1-3-16(4-2)8-11(17)9-18-13-6-5-10(14)7-12(13)15;2*3-1(4)2(5)6/h5-7,11,17H,3-4,8-9H2,1-2H3;2*(H,3,4)(H,5,6). The highest BCUT2D eigenvalue weighted by Crippen LogP contribution is 2.27. The van der Waals surface area contributed by atoms with Crippen molar-refractivity contribution in [3.8, 4) is 5.75 Å². The number of nitrogens with zero attached hydrogens (tertiary/aromatic N) is 1. The third-order valence-electron chi connectivity index (χ3n) is 3.05. The van der Waals surface area contributed by atoms with Crippen LogP contribution < -0.4 is 4.74 Å². The van der Waals surface area contributed by atoms with E-state index in [0.717, 1.165) is 13.1 Å². The molecule has 0 radical (unpaired) electrons. The second-order valence-corrected chi connectivity index (χ2v) is 6.09. The quantitative estimate of drug-likeness (QED) is 0.362. The maximum atomic E-state index is 9.85. The molecular weight excluding hydrogens is 449 g/mol. The number of halogens is 2. The minimum atomic E-state index is -1.82. The van der Waals surface area contributed by atoms with Crippen molar-refractivity contribution in [1.29, 1.82) is 0 Å². The van der Waals surface area contributed by atoms with Gasteiger partial charge in [-0.2, -0.15) is 0 Å². The lowest BCUT2D eigenvalue weighted by molar-refractivity contribution is -0.159. The molecule has 0 aliphatic rings. The molecule has 0 spiro atoms. The van der Waals surface area contributed by atoms with E-state index in [1.54, 1.807) is 18.2 Å². The first-order valence-corrected chi connectivity index (χ1v) is 9.01. The zero-order chi connectivity index (χ0) is 23.9. The number of ether oxygens (including phenoxy) is 1. The van der Waals surface area contributed by atoms with E-state index in [1.165, 1.54) is 0 Å². The molecule has 13 heteroatoms. The lowest BCUT2D eigenvalue weighted by Gasteiger charge is -2.22. The van der Waals surface area contributed by atoms with Gasteiger partial charge < -0.3 is 35.2 Å². The van der Waals surface area contributed by atoms with E-state index in [4.69, 9.17) is 67.5 Å². The molecule has 0 aliphatic carbocycles. The van der Waals surface area contributed by atoms with Gasteiger partial charge >= 0.3 is 23.9 Å². The first kappa shape index (κ1) is 29.6. The highest BCUT2D eigenvalue weighted by atomic mass is 35.5. The van der Waals surface area contributed by atoms with Gasteiger partial charge in [-0.15, -0.1) is 0 Å².